The van der Waals surface area contributed by atoms with Crippen LogP contribution in [0.5, 0.6) is 0 Å². The van der Waals surface area contributed by atoms with Gasteiger partial charge in [0.1, 0.15) is 0 Å². The van der Waals surface area contributed by atoms with Crippen molar-refractivity contribution in [3.8, 4) is 11.1 Å². The molecular formula is C23H23NO2S. The Morgan fingerprint density at radius 2 is 1.78 bits per heavy atom. The summed E-state index contributed by atoms with van der Waals surface area (Å²) in [7, 11) is 1.41. The third-order valence-electron chi connectivity index (χ3n) is 4.32. The number of carbonyl (C=O) groups excluding carboxylic acids is 1. The number of ether oxygens (including phenoxy) is 1. The Kier molecular flexibility index (Phi) is 6.55. The molecule has 27 heavy (non-hydrogen) atoms. The van der Waals surface area contributed by atoms with Crippen LogP contribution in [0.25, 0.3) is 11.1 Å². The molecule has 138 valence electrons. The van der Waals surface area contributed by atoms with Crippen molar-refractivity contribution in [2.45, 2.75) is 18.4 Å². The maximum Gasteiger partial charge on any atom is 0.315 e. The molecule has 0 saturated carbocycles. The highest BCUT2D eigenvalue weighted by Gasteiger charge is 2.04. The fourth-order valence-corrected chi connectivity index (χ4v) is 3.55. The highest BCUT2D eigenvalue weighted by atomic mass is 32.2. The Labute approximate surface area is 164 Å². The van der Waals surface area contributed by atoms with E-state index in [1.54, 1.807) is 0 Å². The number of hydrogen-bond acceptors (Lipinski definition) is 4. The van der Waals surface area contributed by atoms with Crippen molar-refractivity contribution in [3.63, 3.8) is 0 Å². The van der Waals surface area contributed by atoms with E-state index in [1.165, 1.54) is 41.1 Å². The van der Waals surface area contributed by atoms with Crippen LogP contribution in [0.3, 0.4) is 0 Å². The normalized spacial score (nSPS) is 10.4. The molecule has 0 bridgehead atoms. The fraction of sp³-hybridized carbons (Fsp3) is 0.174. The zero-order valence-corrected chi connectivity index (χ0v) is 16.4. The summed E-state index contributed by atoms with van der Waals surface area (Å²) in [5.41, 5.74) is 6.08. The number of esters is 1. The first-order valence-electron chi connectivity index (χ1n) is 8.84. The third-order valence-corrected chi connectivity index (χ3v) is 5.30. The highest BCUT2D eigenvalue weighted by molar-refractivity contribution is 8.00. The largest absolute Gasteiger partial charge is 0.468 e. The maximum atomic E-state index is 11.2. The number of rotatable bonds is 7. The van der Waals surface area contributed by atoms with Crippen molar-refractivity contribution in [3.05, 3.63) is 83.9 Å². The third kappa shape index (κ3) is 5.38. The van der Waals surface area contributed by atoms with Crippen LogP contribution >= 0.6 is 11.8 Å². The molecule has 4 heteroatoms. The zero-order chi connectivity index (χ0) is 19.1. The van der Waals surface area contributed by atoms with Gasteiger partial charge in [-0.3, -0.25) is 4.79 Å². The number of hydrogen-bond donors (Lipinski definition) is 1. The van der Waals surface area contributed by atoms with Crippen LogP contribution in [-0.2, 0) is 16.1 Å². The Bertz CT molecular complexity index is 906. The number of anilines is 1. The topological polar surface area (TPSA) is 38.3 Å². The van der Waals surface area contributed by atoms with Gasteiger partial charge in [0.25, 0.3) is 0 Å². The number of carbonyl (C=O) groups is 1. The van der Waals surface area contributed by atoms with E-state index in [-0.39, 0.29) is 5.97 Å². The maximum absolute atomic E-state index is 11.2. The smallest absolute Gasteiger partial charge is 0.315 e. The van der Waals surface area contributed by atoms with Gasteiger partial charge < -0.3 is 10.1 Å². The van der Waals surface area contributed by atoms with Gasteiger partial charge in [-0.2, -0.15) is 0 Å². The molecule has 3 rings (SSSR count). The number of benzene rings is 3. The number of thioether (sulfide) groups is 1. The van der Waals surface area contributed by atoms with Crippen LogP contribution in [0.1, 0.15) is 11.1 Å². The summed E-state index contributed by atoms with van der Waals surface area (Å²) in [5.74, 6) is 0.116. The van der Waals surface area contributed by atoms with Crippen molar-refractivity contribution in [1.29, 1.82) is 0 Å². The van der Waals surface area contributed by atoms with E-state index in [9.17, 15) is 4.79 Å². The molecule has 0 unspecified atom stereocenters. The molecule has 0 radical (unpaired) electrons. The average Bonchev–Trinajstić information content (AvgIpc) is 2.71. The van der Waals surface area contributed by atoms with Gasteiger partial charge in [-0.25, -0.2) is 0 Å². The summed E-state index contributed by atoms with van der Waals surface area (Å²) in [6.07, 6.45) is 0. The lowest BCUT2D eigenvalue weighted by atomic mass is 9.99. The molecule has 3 aromatic carbocycles. The Morgan fingerprint density at radius 1 is 1.00 bits per heavy atom. The summed E-state index contributed by atoms with van der Waals surface area (Å²) in [4.78, 5) is 12.3. The standard InChI is InChI=1S/C23H23NO2S/c1-17-6-3-4-9-22(17)19-8-5-7-18(14-19)15-24-20-10-12-21(13-11-20)27-16-23(25)26-2/h3-14,24H,15-16H2,1-2H3. The van der Waals surface area contributed by atoms with Gasteiger partial charge in [-0.15, -0.1) is 11.8 Å². The fourth-order valence-electron chi connectivity index (χ4n) is 2.82. The van der Waals surface area contributed by atoms with E-state index in [0.29, 0.717) is 5.75 Å². The van der Waals surface area contributed by atoms with Crippen LogP contribution in [0.4, 0.5) is 5.69 Å². The minimum absolute atomic E-state index is 0.212. The summed E-state index contributed by atoms with van der Waals surface area (Å²) in [5, 5.41) is 3.46. The first-order chi connectivity index (χ1) is 13.2. The first-order valence-corrected chi connectivity index (χ1v) is 9.83. The van der Waals surface area contributed by atoms with E-state index >= 15 is 0 Å². The van der Waals surface area contributed by atoms with Crippen molar-refractivity contribution in [2.75, 3.05) is 18.2 Å². The van der Waals surface area contributed by atoms with Crippen LogP contribution in [0.2, 0.25) is 0 Å². The zero-order valence-electron chi connectivity index (χ0n) is 15.6. The number of nitrogens with one attached hydrogen (secondary N) is 1. The molecular weight excluding hydrogens is 354 g/mol. The molecule has 0 spiro atoms. The van der Waals surface area contributed by atoms with Gasteiger partial charge in [0.15, 0.2) is 0 Å². The van der Waals surface area contributed by atoms with E-state index < -0.39 is 0 Å². The van der Waals surface area contributed by atoms with Gasteiger partial charge in [0.2, 0.25) is 0 Å². The second kappa shape index (κ2) is 9.28. The molecule has 3 nitrogen and oxygen atoms in total. The van der Waals surface area contributed by atoms with Gasteiger partial charge in [0, 0.05) is 17.1 Å². The minimum atomic E-state index is -0.212. The van der Waals surface area contributed by atoms with Gasteiger partial charge >= 0.3 is 5.97 Å². The Morgan fingerprint density at radius 3 is 2.52 bits per heavy atom. The molecule has 0 heterocycles. The average molecular weight is 378 g/mol. The van der Waals surface area contributed by atoms with Gasteiger partial charge in [-0.05, 0) is 59.5 Å². The lowest BCUT2D eigenvalue weighted by Gasteiger charge is -2.10. The van der Waals surface area contributed by atoms with Crippen LogP contribution in [0, 0.1) is 6.92 Å². The van der Waals surface area contributed by atoms with Crippen molar-refractivity contribution in [2.24, 2.45) is 0 Å². The van der Waals surface area contributed by atoms with Crippen molar-refractivity contribution in [1.82, 2.24) is 0 Å². The summed E-state index contributed by atoms with van der Waals surface area (Å²) in [6.45, 7) is 2.90. The molecule has 3 aromatic rings. The lowest BCUT2D eigenvalue weighted by Crippen LogP contribution is -2.02. The quantitative estimate of drug-likeness (QED) is 0.433. The second-order valence-electron chi connectivity index (χ2n) is 6.26. The molecule has 0 saturated heterocycles. The monoisotopic (exact) mass is 377 g/mol. The van der Waals surface area contributed by atoms with E-state index in [2.05, 4.69) is 65.5 Å². The predicted octanol–water partition coefficient (Wildman–Crippen LogP) is 5.54. The predicted molar refractivity (Wildman–Crippen MR) is 113 cm³/mol. The Hall–Kier alpha value is -2.72. The van der Waals surface area contributed by atoms with Gasteiger partial charge in [-0.1, -0.05) is 42.5 Å². The summed E-state index contributed by atoms with van der Waals surface area (Å²) >= 11 is 1.47. The van der Waals surface area contributed by atoms with E-state index in [1.807, 2.05) is 24.3 Å². The minimum Gasteiger partial charge on any atom is -0.468 e. The van der Waals surface area contributed by atoms with Crippen LogP contribution in [-0.4, -0.2) is 18.8 Å². The molecule has 0 atom stereocenters. The van der Waals surface area contributed by atoms with E-state index in [0.717, 1.165) is 17.1 Å². The lowest BCUT2D eigenvalue weighted by molar-refractivity contribution is -0.137. The SMILES string of the molecule is COC(=O)CSc1ccc(NCc2cccc(-c3ccccc3C)c2)cc1. The van der Waals surface area contributed by atoms with Crippen molar-refractivity contribution >= 4 is 23.4 Å². The summed E-state index contributed by atoms with van der Waals surface area (Å²) < 4.78 is 4.66. The molecule has 0 aliphatic carbocycles. The van der Waals surface area contributed by atoms with Crippen LogP contribution in [0.15, 0.2) is 77.7 Å². The molecule has 1 N–H and O–H groups in total. The molecule has 0 aromatic heterocycles. The van der Waals surface area contributed by atoms with Crippen molar-refractivity contribution < 1.29 is 9.53 Å². The second-order valence-corrected chi connectivity index (χ2v) is 7.31. The summed E-state index contributed by atoms with van der Waals surface area (Å²) in [6, 6.07) is 25.2. The van der Waals surface area contributed by atoms with Crippen LogP contribution < -0.4 is 5.32 Å². The van der Waals surface area contributed by atoms with E-state index in [4.69, 9.17) is 0 Å². The Balaban J connectivity index is 1.61. The van der Waals surface area contributed by atoms with Gasteiger partial charge in [0.05, 0.1) is 12.9 Å². The first kappa shape index (κ1) is 19.1. The molecule has 0 amide bonds. The number of methoxy groups -OCH3 is 1. The number of aryl methyl sites for hydroxylation is 1. The molecule has 0 fully saturated rings. The highest BCUT2D eigenvalue weighted by Crippen LogP contribution is 2.25. The molecule has 0 aliphatic rings. The molecule has 0 aliphatic heterocycles.